The van der Waals surface area contributed by atoms with E-state index >= 15 is 0 Å². The van der Waals surface area contributed by atoms with Crippen molar-refractivity contribution in [2.75, 3.05) is 32.7 Å². The van der Waals surface area contributed by atoms with Crippen molar-refractivity contribution in [2.24, 2.45) is 5.41 Å². The molecule has 0 unspecified atom stereocenters. The Morgan fingerprint density at radius 2 is 1.96 bits per heavy atom. The fourth-order valence-corrected chi connectivity index (χ4v) is 4.61. The highest BCUT2D eigenvalue weighted by Gasteiger charge is 2.43. The van der Waals surface area contributed by atoms with Crippen LogP contribution in [0.2, 0.25) is 0 Å². The van der Waals surface area contributed by atoms with E-state index in [1.165, 1.54) is 24.9 Å². The van der Waals surface area contributed by atoms with Gasteiger partial charge in [-0.25, -0.2) is 0 Å². The third kappa shape index (κ3) is 3.56. The van der Waals surface area contributed by atoms with Crippen molar-refractivity contribution in [2.45, 2.75) is 32.6 Å². The number of hydrogen-bond donors (Lipinski definition) is 0. The van der Waals surface area contributed by atoms with Crippen molar-refractivity contribution in [1.82, 2.24) is 9.80 Å². The second-order valence-corrected chi connectivity index (χ2v) is 8.02. The van der Waals surface area contributed by atoms with E-state index in [-0.39, 0.29) is 11.3 Å². The molecule has 0 radical (unpaired) electrons. The maximum Gasteiger partial charge on any atom is 0.289 e. The molecule has 3 heterocycles. The van der Waals surface area contributed by atoms with Gasteiger partial charge in [0.1, 0.15) is 0 Å². The summed E-state index contributed by atoms with van der Waals surface area (Å²) in [6, 6.07) is 12.6. The van der Waals surface area contributed by atoms with Gasteiger partial charge in [-0.05, 0) is 50.8 Å². The molecule has 1 aromatic heterocycles. The number of carbonyl (C=O) groups excluding carboxylic acids is 1. The van der Waals surface area contributed by atoms with Crippen LogP contribution in [0.3, 0.4) is 0 Å². The van der Waals surface area contributed by atoms with Crippen LogP contribution in [0.15, 0.2) is 47.1 Å². The van der Waals surface area contributed by atoms with Crippen LogP contribution in [0.5, 0.6) is 0 Å². The molecule has 0 N–H and O–H groups in total. The molecule has 0 saturated carbocycles. The van der Waals surface area contributed by atoms with Gasteiger partial charge in [0, 0.05) is 37.2 Å². The summed E-state index contributed by atoms with van der Waals surface area (Å²) in [6.07, 6.45) is 6.29. The van der Waals surface area contributed by atoms with Crippen LogP contribution in [0.4, 0.5) is 0 Å². The van der Waals surface area contributed by atoms with Crippen LogP contribution in [0.1, 0.15) is 40.9 Å². The molecular weight excluding hydrogens is 324 g/mol. The zero-order valence-corrected chi connectivity index (χ0v) is 15.6. The number of benzene rings is 1. The smallest absolute Gasteiger partial charge is 0.289 e. The van der Waals surface area contributed by atoms with Gasteiger partial charge < -0.3 is 14.2 Å². The lowest BCUT2D eigenvalue weighted by Gasteiger charge is -2.40. The molecule has 138 valence electrons. The van der Waals surface area contributed by atoms with Crippen molar-refractivity contribution in [1.29, 1.82) is 0 Å². The number of carbonyl (C=O) groups is 1. The van der Waals surface area contributed by atoms with Gasteiger partial charge in [-0.15, -0.1) is 0 Å². The Morgan fingerprint density at radius 1 is 1.12 bits per heavy atom. The van der Waals surface area contributed by atoms with Gasteiger partial charge in [-0.2, -0.15) is 0 Å². The summed E-state index contributed by atoms with van der Waals surface area (Å²) < 4.78 is 5.42. The standard InChI is InChI=1S/C22H28N2O2/c1-18-9-15-26-20(18)21(25)24-14-11-22(17-24)10-5-12-23(16-22)13-8-19-6-3-2-4-7-19/h2-4,6-7,9,15H,5,8,10-14,16-17H2,1H3/t22-/m1/s1. The molecule has 1 amide bonds. The molecule has 2 aliphatic rings. The fourth-order valence-electron chi connectivity index (χ4n) is 4.61. The second-order valence-electron chi connectivity index (χ2n) is 8.02. The Labute approximate surface area is 155 Å². The van der Waals surface area contributed by atoms with Crippen molar-refractivity contribution in [3.63, 3.8) is 0 Å². The fraction of sp³-hybridized carbons (Fsp3) is 0.500. The van der Waals surface area contributed by atoms with Crippen LogP contribution >= 0.6 is 0 Å². The number of piperidine rings is 1. The van der Waals surface area contributed by atoms with Gasteiger partial charge >= 0.3 is 0 Å². The van der Waals surface area contributed by atoms with E-state index in [9.17, 15) is 4.79 Å². The van der Waals surface area contributed by atoms with Crippen LogP contribution in [-0.4, -0.2) is 48.4 Å². The largest absolute Gasteiger partial charge is 0.459 e. The van der Waals surface area contributed by atoms with Gasteiger partial charge in [0.2, 0.25) is 0 Å². The first-order valence-electron chi connectivity index (χ1n) is 9.75. The highest BCUT2D eigenvalue weighted by molar-refractivity contribution is 5.93. The minimum absolute atomic E-state index is 0.0609. The summed E-state index contributed by atoms with van der Waals surface area (Å²) >= 11 is 0. The van der Waals surface area contributed by atoms with Crippen molar-refractivity contribution in [3.8, 4) is 0 Å². The number of aryl methyl sites for hydroxylation is 1. The number of nitrogens with zero attached hydrogens (tertiary/aromatic N) is 2. The third-order valence-corrected chi connectivity index (χ3v) is 6.08. The van der Waals surface area contributed by atoms with Crippen LogP contribution in [-0.2, 0) is 6.42 Å². The zero-order chi connectivity index (χ0) is 18.0. The predicted molar refractivity (Wildman–Crippen MR) is 102 cm³/mol. The normalized spacial score (nSPS) is 23.7. The lowest BCUT2D eigenvalue weighted by molar-refractivity contribution is 0.0665. The van der Waals surface area contributed by atoms with Gasteiger partial charge in [0.15, 0.2) is 5.76 Å². The summed E-state index contributed by atoms with van der Waals surface area (Å²) in [6.45, 7) is 7.06. The molecule has 4 heteroatoms. The highest BCUT2D eigenvalue weighted by atomic mass is 16.3. The van der Waals surface area contributed by atoms with E-state index in [0.717, 1.165) is 44.6 Å². The molecule has 2 aromatic rings. The van der Waals surface area contributed by atoms with E-state index in [1.54, 1.807) is 6.26 Å². The highest BCUT2D eigenvalue weighted by Crippen LogP contribution is 2.39. The molecule has 4 nitrogen and oxygen atoms in total. The number of likely N-dealkylation sites (tertiary alicyclic amines) is 2. The first-order valence-corrected chi connectivity index (χ1v) is 9.75. The molecule has 0 aliphatic carbocycles. The van der Waals surface area contributed by atoms with Crippen molar-refractivity contribution < 1.29 is 9.21 Å². The molecule has 1 spiro atoms. The molecule has 26 heavy (non-hydrogen) atoms. The van der Waals surface area contributed by atoms with Crippen molar-refractivity contribution in [3.05, 3.63) is 59.5 Å². The molecule has 2 fully saturated rings. The molecule has 1 aromatic carbocycles. The Balaban J connectivity index is 1.36. The van der Waals surface area contributed by atoms with Crippen LogP contribution < -0.4 is 0 Å². The Kier molecular flexibility index (Phi) is 4.86. The maximum atomic E-state index is 12.8. The van der Waals surface area contributed by atoms with Gasteiger partial charge in [0.25, 0.3) is 5.91 Å². The Bertz CT molecular complexity index is 755. The summed E-state index contributed by atoms with van der Waals surface area (Å²) in [7, 11) is 0. The number of rotatable bonds is 4. The maximum absolute atomic E-state index is 12.8. The van der Waals surface area contributed by atoms with Gasteiger partial charge in [-0.3, -0.25) is 4.79 Å². The monoisotopic (exact) mass is 352 g/mol. The molecule has 2 aliphatic heterocycles. The summed E-state index contributed by atoms with van der Waals surface area (Å²) in [5, 5.41) is 0. The van der Waals surface area contributed by atoms with E-state index < -0.39 is 0 Å². The van der Waals surface area contributed by atoms with Gasteiger partial charge in [0.05, 0.1) is 6.26 Å². The van der Waals surface area contributed by atoms with E-state index in [1.807, 2.05) is 17.9 Å². The number of furan rings is 1. The Hall–Kier alpha value is -2.07. The number of hydrogen-bond acceptors (Lipinski definition) is 3. The van der Waals surface area contributed by atoms with E-state index in [0.29, 0.717) is 5.76 Å². The predicted octanol–water partition coefficient (Wildman–Crippen LogP) is 3.76. The molecule has 4 rings (SSSR count). The Morgan fingerprint density at radius 3 is 2.73 bits per heavy atom. The number of amides is 1. The first kappa shape index (κ1) is 17.3. The zero-order valence-electron chi connectivity index (χ0n) is 15.6. The molecular formula is C22H28N2O2. The lowest BCUT2D eigenvalue weighted by atomic mass is 9.79. The minimum Gasteiger partial charge on any atom is -0.459 e. The summed E-state index contributed by atoms with van der Waals surface area (Å²) in [4.78, 5) is 17.4. The molecule has 2 saturated heterocycles. The van der Waals surface area contributed by atoms with Gasteiger partial charge in [-0.1, -0.05) is 30.3 Å². The minimum atomic E-state index is 0.0609. The third-order valence-electron chi connectivity index (χ3n) is 6.08. The first-order chi connectivity index (χ1) is 12.7. The van der Waals surface area contributed by atoms with Crippen LogP contribution in [0, 0.1) is 12.3 Å². The topological polar surface area (TPSA) is 36.7 Å². The SMILES string of the molecule is Cc1ccoc1C(=O)N1CC[C@@]2(CCCN(CCc3ccccc3)C2)C1. The molecule has 0 bridgehead atoms. The second kappa shape index (κ2) is 7.28. The lowest BCUT2D eigenvalue weighted by Crippen LogP contribution is -2.46. The quantitative estimate of drug-likeness (QED) is 0.841. The van der Waals surface area contributed by atoms with E-state index in [2.05, 4.69) is 35.2 Å². The van der Waals surface area contributed by atoms with Crippen LogP contribution in [0.25, 0.3) is 0 Å². The average molecular weight is 352 g/mol. The van der Waals surface area contributed by atoms with E-state index in [4.69, 9.17) is 4.42 Å². The summed E-state index contributed by atoms with van der Waals surface area (Å²) in [5.41, 5.74) is 2.61. The molecule has 1 atom stereocenters. The summed E-state index contributed by atoms with van der Waals surface area (Å²) in [5.74, 6) is 0.574. The van der Waals surface area contributed by atoms with Crippen molar-refractivity contribution >= 4 is 5.91 Å². The average Bonchev–Trinajstić information content (AvgIpc) is 3.27.